The van der Waals surface area contributed by atoms with Crippen LogP contribution in [0.2, 0.25) is 0 Å². The highest BCUT2D eigenvalue weighted by atomic mass is 32.2. The third kappa shape index (κ3) is 5.58. The molecule has 0 atom stereocenters. The molecule has 0 saturated carbocycles. The third-order valence-electron chi connectivity index (χ3n) is 5.11. The van der Waals surface area contributed by atoms with Gasteiger partial charge in [0.15, 0.2) is 13.2 Å². The zero-order valence-electron chi connectivity index (χ0n) is 18.7. The van der Waals surface area contributed by atoms with Gasteiger partial charge in [-0.3, -0.25) is 0 Å². The highest BCUT2D eigenvalue weighted by Crippen LogP contribution is 2.30. The lowest BCUT2D eigenvalue weighted by Gasteiger charge is -2.07. The van der Waals surface area contributed by atoms with Crippen LogP contribution >= 0.6 is 11.8 Å². The van der Waals surface area contributed by atoms with Gasteiger partial charge in [-0.25, -0.2) is 19.1 Å². The van der Waals surface area contributed by atoms with Crippen molar-refractivity contribution in [2.24, 2.45) is 14.1 Å². The Hall–Kier alpha value is -4.39. The van der Waals surface area contributed by atoms with E-state index in [0.29, 0.717) is 23.1 Å². The second-order valence-corrected chi connectivity index (χ2v) is 8.47. The largest absolute Gasteiger partial charge is 0.483 e. The molecule has 0 bridgehead atoms. The molecule has 0 fully saturated rings. The number of hydrogen-bond acceptors (Lipinski definition) is 9. The van der Waals surface area contributed by atoms with E-state index >= 15 is 0 Å². The number of nitro groups is 2. The Kier molecular flexibility index (Phi) is 6.96. The molecule has 0 saturated heterocycles. The van der Waals surface area contributed by atoms with Crippen LogP contribution in [0.25, 0.3) is 0 Å². The molecule has 0 aliphatic heterocycles. The van der Waals surface area contributed by atoms with Gasteiger partial charge in [-0.05, 0) is 58.4 Å². The molecule has 0 aliphatic rings. The maximum absolute atomic E-state index is 10.9. The fraction of sp³-hybridized carbons (Fsp3) is 0.182. The number of imidazole rings is 2. The molecule has 2 heterocycles. The molecule has 2 aromatic carbocycles. The predicted octanol–water partition coefficient (Wildman–Crippen LogP) is 4.28. The van der Waals surface area contributed by atoms with E-state index in [2.05, 4.69) is 9.97 Å². The average molecular weight is 497 g/mol. The Balaban J connectivity index is 1.29. The fourth-order valence-electron chi connectivity index (χ4n) is 3.12. The van der Waals surface area contributed by atoms with E-state index in [9.17, 15) is 20.2 Å². The zero-order chi connectivity index (χ0) is 24.9. The smallest absolute Gasteiger partial charge is 0.342 e. The molecule has 2 aromatic heterocycles. The van der Waals surface area contributed by atoms with Crippen LogP contribution in [0.1, 0.15) is 11.6 Å². The van der Waals surface area contributed by atoms with Crippen LogP contribution in [0.3, 0.4) is 0 Å². The number of nitrogens with zero attached hydrogens (tertiary/aromatic N) is 6. The van der Waals surface area contributed by atoms with E-state index in [4.69, 9.17) is 9.47 Å². The number of hydrogen-bond donors (Lipinski definition) is 0. The Morgan fingerprint density at radius 2 is 1.11 bits per heavy atom. The summed E-state index contributed by atoms with van der Waals surface area (Å²) < 4.78 is 14.2. The quantitative estimate of drug-likeness (QED) is 0.232. The fourth-order valence-corrected chi connectivity index (χ4v) is 3.94. The number of benzene rings is 2. The van der Waals surface area contributed by atoms with Gasteiger partial charge in [0.05, 0.1) is 14.1 Å². The number of aromatic nitrogens is 4. The van der Waals surface area contributed by atoms with Gasteiger partial charge in [-0.2, -0.15) is 0 Å². The minimum atomic E-state index is -0.490. The lowest BCUT2D eigenvalue weighted by molar-refractivity contribution is -0.392. The van der Waals surface area contributed by atoms with Gasteiger partial charge >= 0.3 is 11.6 Å². The van der Waals surface area contributed by atoms with E-state index in [0.717, 1.165) is 9.79 Å². The van der Waals surface area contributed by atoms with Crippen molar-refractivity contribution in [3.8, 4) is 11.5 Å². The van der Waals surface area contributed by atoms with Gasteiger partial charge in [0, 0.05) is 9.79 Å². The molecule has 0 aliphatic carbocycles. The van der Waals surface area contributed by atoms with Crippen molar-refractivity contribution >= 4 is 23.4 Å². The Morgan fingerprint density at radius 3 is 1.43 bits per heavy atom. The van der Waals surface area contributed by atoms with Gasteiger partial charge in [0.25, 0.3) is 0 Å². The van der Waals surface area contributed by atoms with Crippen LogP contribution in [0.5, 0.6) is 11.5 Å². The summed E-state index contributed by atoms with van der Waals surface area (Å²) in [6.45, 7) is 0.230. The minimum absolute atomic E-state index is 0.0904. The van der Waals surface area contributed by atoms with Crippen molar-refractivity contribution in [1.29, 1.82) is 0 Å². The molecule has 180 valence electrons. The molecule has 4 rings (SSSR count). The molecule has 0 amide bonds. The SMILES string of the molecule is Cn1c([N+](=O)[O-])cnc1COc1ccc(Sc2ccc(OCc3ncc([N+](=O)[O-])n3C)cc2)cc1. The van der Waals surface area contributed by atoms with Crippen LogP contribution in [-0.4, -0.2) is 28.9 Å². The molecule has 0 radical (unpaired) electrons. The van der Waals surface area contributed by atoms with Crippen molar-refractivity contribution in [3.63, 3.8) is 0 Å². The molecule has 4 aromatic rings. The Labute approximate surface area is 203 Å². The monoisotopic (exact) mass is 496 g/mol. The van der Waals surface area contributed by atoms with E-state index in [-0.39, 0.29) is 24.8 Å². The molecular weight excluding hydrogens is 476 g/mol. The first-order valence-electron chi connectivity index (χ1n) is 10.3. The van der Waals surface area contributed by atoms with Gasteiger partial charge in [0.2, 0.25) is 11.6 Å². The summed E-state index contributed by atoms with van der Waals surface area (Å²) in [5, 5.41) is 21.8. The van der Waals surface area contributed by atoms with Gasteiger partial charge in [0.1, 0.15) is 23.9 Å². The summed E-state index contributed by atoms with van der Waals surface area (Å²) in [7, 11) is 3.15. The maximum Gasteiger partial charge on any atom is 0.342 e. The van der Waals surface area contributed by atoms with E-state index in [1.807, 2.05) is 48.5 Å². The second kappa shape index (κ2) is 10.3. The van der Waals surface area contributed by atoms with Crippen LogP contribution in [-0.2, 0) is 27.3 Å². The van der Waals surface area contributed by atoms with Crippen molar-refractivity contribution in [2.45, 2.75) is 23.0 Å². The average Bonchev–Trinajstić information content (AvgIpc) is 3.40. The van der Waals surface area contributed by atoms with E-state index < -0.39 is 9.85 Å². The molecule has 12 nitrogen and oxygen atoms in total. The Bertz CT molecular complexity index is 1250. The Morgan fingerprint density at radius 1 is 0.743 bits per heavy atom. The van der Waals surface area contributed by atoms with Gasteiger partial charge in [-0.15, -0.1) is 0 Å². The highest BCUT2D eigenvalue weighted by molar-refractivity contribution is 7.99. The van der Waals surface area contributed by atoms with Crippen molar-refractivity contribution in [3.05, 3.63) is 92.8 Å². The minimum Gasteiger partial charge on any atom is -0.483 e. The molecule has 0 spiro atoms. The summed E-state index contributed by atoms with van der Waals surface area (Å²) in [5.41, 5.74) is 0. The van der Waals surface area contributed by atoms with Gasteiger partial charge < -0.3 is 29.7 Å². The van der Waals surface area contributed by atoms with Crippen LogP contribution in [0, 0.1) is 20.2 Å². The first-order valence-corrected chi connectivity index (χ1v) is 11.1. The van der Waals surface area contributed by atoms with Crippen LogP contribution in [0.15, 0.2) is 70.7 Å². The van der Waals surface area contributed by atoms with Crippen molar-refractivity contribution in [2.75, 3.05) is 0 Å². The molecule has 0 N–H and O–H groups in total. The zero-order valence-corrected chi connectivity index (χ0v) is 19.5. The van der Waals surface area contributed by atoms with Crippen molar-refractivity contribution in [1.82, 2.24) is 19.1 Å². The standard InChI is InChI=1S/C22H20N6O6S/c1-25-19(23-11-21(25)27(29)30)13-33-15-3-7-17(8-4-15)35-18-9-5-16(6-10-18)34-14-20-24-12-22(26(20)2)28(31)32/h3-12H,13-14H2,1-2H3. The second-order valence-electron chi connectivity index (χ2n) is 7.32. The summed E-state index contributed by atoms with van der Waals surface area (Å²) in [5.74, 6) is 1.98. The molecule has 13 heteroatoms. The van der Waals surface area contributed by atoms with Crippen LogP contribution in [0.4, 0.5) is 11.6 Å². The number of ether oxygens (including phenoxy) is 2. The maximum atomic E-state index is 10.9. The molecule has 0 unspecified atom stereocenters. The predicted molar refractivity (Wildman–Crippen MR) is 125 cm³/mol. The summed E-state index contributed by atoms with van der Waals surface area (Å²) in [6.07, 6.45) is 2.42. The first-order chi connectivity index (χ1) is 16.8. The van der Waals surface area contributed by atoms with E-state index in [1.54, 1.807) is 25.9 Å². The first kappa shape index (κ1) is 23.8. The molecular formula is C22H20N6O6S. The lowest BCUT2D eigenvalue weighted by Crippen LogP contribution is -2.05. The number of rotatable bonds is 10. The molecule has 35 heavy (non-hydrogen) atoms. The van der Waals surface area contributed by atoms with Gasteiger partial charge in [-0.1, -0.05) is 11.8 Å². The topological polar surface area (TPSA) is 140 Å². The summed E-state index contributed by atoms with van der Waals surface area (Å²) >= 11 is 1.56. The third-order valence-corrected chi connectivity index (χ3v) is 6.13. The normalized spacial score (nSPS) is 10.8. The van der Waals surface area contributed by atoms with E-state index in [1.165, 1.54) is 21.5 Å². The van der Waals surface area contributed by atoms with Crippen LogP contribution < -0.4 is 9.47 Å². The lowest BCUT2D eigenvalue weighted by atomic mass is 10.3. The van der Waals surface area contributed by atoms with Crippen molar-refractivity contribution < 1.29 is 19.3 Å². The summed E-state index contributed by atoms with van der Waals surface area (Å²) in [4.78, 5) is 30.9. The summed E-state index contributed by atoms with van der Waals surface area (Å²) in [6, 6.07) is 15.0. The highest BCUT2D eigenvalue weighted by Gasteiger charge is 2.17.